The van der Waals surface area contributed by atoms with Gasteiger partial charge in [0.2, 0.25) is 0 Å². The van der Waals surface area contributed by atoms with E-state index < -0.39 is 0 Å². The van der Waals surface area contributed by atoms with Crippen molar-refractivity contribution in [2.24, 2.45) is 0 Å². The van der Waals surface area contributed by atoms with E-state index in [0.29, 0.717) is 18.3 Å². The lowest BCUT2D eigenvalue weighted by Gasteiger charge is -1.92. The number of hydrogen-bond acceptors (Lipinski definition) is 3. The van der Waals surface area contributed by atoms with Gasteiger partial charge >= 0.3 is 0 Å². The summed E-state index contributed by atoms with van der Waals surface area (Å²) in [5.74, 6) is 0. The summed E-state index contributed by atoms with van der Waals surface area (Å²) < 4.78 is 5.22. The van der Waals surface area contributed by atoms with Gasteiger partial charge in [-0.05, 0) is 26.0 Å². The van der Waals surface area contributed by atoms with E-state index in [0.717, 1.165) is 11.2 Å². The van der Waals surface area contributed by atoms with Crippen molar-refractivity contribution >= 4 is 11.2 Å². The smallest absolute Gasteiger partial charge is 0.296 e. The number of aryl methyl sites for hydroxylation is 1. The summed E-state index contributed by atoms with van der Waals surface area (Å²) >= 11 is 0. The van der Waals surface area contributed by atoms with Crippen LogP contribution in [0.5, 0.6) is 6.01 Å². The van der Waals surface area contributed by atoms with E-state index in [1.165, 1.54) is 0 Å². The second-order valence-electron chi connectivity index (χ2n) is 2.80. The Hall–Kier alpha value is -1.58. The summed E-state index contributed by atoms with van der Waals surface area (Å²) in [7, 11) is 0. The summed E-state index contributed by atoms with van der Waals surface area (Å²) in [4.78, 5) is 11.5. The molecule has 2 rings (SSSR count). The maximum atomic E-state index is 5.22. The topological polar surface area (TPSA) is 50.8 Å². The SMILES string of the molecule is CCOc1nc2nc(C)ccc2[nH]1. The molecule has 0 fully saturated rings. The molecule has 0 radical (unpaired) electrons. The molecule has 68 valence electrons. The number of fused-ring (bicyclic) bond motifs is 1. The lowest BCUT2D eigenvalue weighted by atomic mass is 10.4. The van der Waals surface area contributed by atoms with Crippen LogP contribution in [0, 0.1) is 6.92 Å². The van der Waals surface area contributed by atoms with Gasteiger partial charge in [-0.1, -0.05) is 0 Å². The first-order valence-corrected chi connectivity index (χ1v) is 4.26. The van der Waals surface area contributed by atoms with Crippen LogP contribution in [0.4, 0.5) is 0 Å². The highest BCUT2D eigenvalue weighted by Gasteiger charge is 2.03. The number of nitrogens with zero attached hydrogens (tertiary/aromatic N) is 2. The maximum absolute atomic E-state index is 5.22. The molecule has 2 aromatic rings. The largest absolute Gasteiger partial charge is 0.465 e. The third-order valence-electron chi connectivity index (χ3n) is 1.74. The molecule has 0 aliphatic heterocycles. The predicted molar refractivity (Wildman–Crippen MR) is 49.8 cm³/mol. The molecular weight excluding hydrogens is 166 g/mol. The number of aromatic nitrogens is 3. The fourth-order valence-electron chi connectivity index (χ4n) is 1.17. The molecule has 0 bridgehead atoms. The lowest BCUT2D eigenvalue weighted by Crippen LogP contribution is -1.92. The molecule has 0 saturated heterocycles. The Labute approximate surface area is 76.0 Å². The molecule has 0 spiro atoms. The minimum atomic E-state index is 0.538. The van der Waals surface area contributed by atoms with Crippen LogP contribution in [0.15, 0.2) is 12.1 Å². The molecule has 2 heterocycles. The van der Waals surface area contributed by atoms with E-state index in [1.54, 1.807) is 0 Å². The van der Waals surface area contributed by atoms with Gasteiger partial charge in [-0.3, -0.25) is 0 Å². The minimum Gasteiger partial charge on any atom is -0.465 e. The van der Waals surface area contributed by atoms with Crippen molar-refractivity contribution in [3.63, 3.8) is 0 Å². The van der Waals surface area contributed by atoms with E-state index >= 15 is 0 Å². The van der Waals surface area contributed by atoms with E-state index in [2.05, 4.69) is 15.0 Å². The number of pyridine rings is 1. The molecule has 1 N–H and O–H groups in total. The summed E-state index contributed by atoms with van der Waals surface area (Å²) in [6.45, 7) is 4.47. The van der Waals surface area contributed by atoms with Gasteiger partial charge in [-0.2, -0.15) is 4.98 Å². The lowest BCUT2D eigenvalue weighted by molar-refractivity contribution is 0.317. The normalized spacial score (nSPS) is 10.6. The van der Waals surface area contributed by atoms with Crippen LogP contribution in [-0.4, -0.2) is 21.6 Å². The summed E-state index contributed by atoms with van der Waals surface area (Å²) in [6.07, 6.45) is 0. The third-order valence-corrected chi connectivity index (χ3v) is 1.74. The number of imidazole rings is 1. The van der Waals surface area contributed by atoms with Crippen molar-refractivity contribution < 1.29 is 4.74 Å². The summed E-state index contributed by atoms with van der Waals surface area (Å²) in [5.41, 5.74) is 2.58. The van der Waals surface area contributed by atoms with Gasteiger partial charge < -0.3 is 9.72 Å². The van der Waals surface area contributed by atoms with Crippen LogP contribution < -0.4 is 4.74 Å². The molecule has 0 aromatic carbocycles. The van der Waals surface area contributed by atoms with E-state index in [-0.39, 0.29) is 0 Å². The van der Waals surface area contributed by atoms with Gasteiger partial charge in [-0.25, -0.2) is 4.98 Å². The standard InChI is InChI=1S/C9H11N3O/c1-3-13-9-11-7-5-4-6(2)10-8(7)12-9/h4-5H,3H2,1-2H3,(H,10,11,12). The number of H-pyrrole nitrogens is 1. The summed E-state index contributed by atoms with van der Waals surface area (Å²) in [6, 6.07) is 4.43. The molecule has 4 nitrogen and oxygen atoms in total. The Balaban J connectivity index is 2.49. The van der Waals surface area contributed by atoms with Gasteiger partial charge in [-0.15, -0.1) is 0 Å². The van der Waals surface area contributed by atoms with E-state index in [4.69, 9.17) is 4.74 Å². The Morgan fingerprint density at radius 2 is 2.23 bits per heavy atom. The van der Waals surface area contributed by atoms with E-state index in [1.807, 2.05) is 26.0 Å². The number of rotatable bonds is 2. The molecule has 4 heteroatoms. The monoisotopic (exact) mass is 177 g/mol. The van der Waals surface area contributed by atoms with Crippen LogP contribution in [0.3, 0.4) is 0 Å². The fourth-order valence-corrected chi connectivity index (χ4v) is 1.17. The Morgan fingerprint density at radius 3 is 3.00 bits per heavy atom. The number of aromatic amines is 1. The number of hydrogen-bond donors (Lipinski definition) is 1. The zero-order valence-electron chi connectivity index (χ0n) is 7.66. The molecule has 0 saturated carbocycles. The Bertz CT molecular complexity index is 422. The first-order chi connectivity index (χ1) is 6.29. The van der Waals surface area contributed by atoms with Gasteiger partial charge in [0.1, 0.15) is 0 Å². The third kappa shape index (κ3) is 1.47. The zero-order chi connectivity index (χ0) is 9.26. The molecule has 0 amide bonds. The fraction of sp³-hybridized carbons (Fsp3) is 0.333. The van der Waals surface area contributed by atoms with Crippen molar-refractivity contribution in [2.75, 3.05) is 6.61 Å². The van der Waals surface area contributed by atoms with Crippen molar-refractivity contribution in [2.45, 2.75) is 13.8 Å². The molecule has 0 unspecified atom stereocenters. The highest BCUT2D eigenvalue weighted by atomic mass is 16.5. The van der Waals surface area contributed by atoms with Crippen LogP contribution in [0.1, 0.15) is 12.6 Å². The van der Waals surface area contributed by atoms with Crippen molar-refractivity contribution in [1.82, 2.24) is 15.0 Å². The number of ether oxygens (including phenoxy) is 1. The van der Waals surface area contributed by atoms with Gasteiger partial charge in [0, 0.05) is 5.69 Å². The number of nitrogens with one attached hydrogen (secondary N) is 1. The average molecular weight is 177 g/mol. The quantitative estimate of drug-likeness (QED) is 0.759. The van der Waals surface area contributed by atoms with Crippen molar-refractivity contribution in [3.8, 4) is 6.01 Å². The van der Waals surface area contributed by atoms with Crippen molar-refractivity contribution in [3.05, 3.63) is 17.8 Å². The molecule has 0 aliphatic rings. The predicted octanol–water partition coefficient (Wildman–Crippen LogP) is 1.67. The summed E-state index contributed by atoms with van der Waals surface area (Å²) in [5, 5.41) is 0. The first-order valence-electron chi connectivity index (χ1n) is 4.26. The van der Waals surface area contributed by atoms with Gasteiger partial charge in [0.25, 0.3) is 6.01 Å². The van der Waals surface area contributed by atoms with Crippen LogP contribution in [0.2, 0.25) is 0 Å². The molecular formula is C9H11N3O. The highest BCUT2D eigenvalue weighted by Crippen LogP contribution is 2.13. The van der Waals surface area contributed by atoms with Crippen molar-refractivity contribution in [1.29, 1.82) is 0 Å². The average Bonchev–Trinajstić information content (AvgIpc) is 2.46. The minimum absolute atomic E-state index is 0.538. The Kier molecular flexibility index (Phi) is 1.88. The second kappa shape index (κ2) is 3.05. The molecule has 0 aliphatic carbocycles. The first kappa shape index (κ1) is 8.04. The van der Waals surface area contributed by atoms with Crippen LogP contribution >= 0.6 is 0 Å². The van der Waals surface area contributed by atoms with Crippen LogP contribution in [-0.2, 0) is 0 Å². The molecule has 2 aromatic heterocycles. The Morgan fingerprint density at radius 1 is 1.38 bits per heavy atom. The second-order valence-corrected chi connectivity index (χ2v) is 2.80. The van der Waals surface area contributed by atoms with Gasteiger partial charge in [0.15, 0.2) is 5.65 Å². The zero-order valence-corrected chi connectivity index (χ0v) is 7.66. The van der Waals surface area contributed by atoms with E-state index in [9.17, 15) is 0 Å². The highest BCUT2D eigenvalue weighted by molar-refractivity contribution is 5.71. The van der Waals surface area contributed by atoms with Crippen LogP contribution in [0.25, 0.3) is 11.2 Å². The maximum Gasteiger partial charge on any atom is 0.296 e. The molecule has 0 atom stereocenters. The molecule has 13 heavy (non-hydrogen) atoms. The van der Waals surface area contributed by atoms with Gasteiger partial charge in [0.05, 0.1) is 12.1 Å².